The average Bonchev–Trinajstić information content (AvgIpc) is 2.85. The van der Waals surface area contributed by atoms with Crippen LogP contribution in [0, 0.1) is 11.8 Å². The van der Waals surface area contributed by atoms with E-state index in [-0.39, 0.29) is 11.8 Å². The minimum Gasteiger partial charge on any atom is -0.384 e. The van der Waals surface area contributed by atoms with E-state index in [4.69, 9.17) is 4.74 Å². The normalized spacial score (nSPS) is 22.0. The number of fused-ring (bicyclic) bond motifs is 1. The number of carbonyl (C=O) groups excluding carboxylic acids is 1. The first-order valence-corrected chi connectivity index (χ1v) is 12.2. The standard InChI is InChI=1S/C25H33F3N4O2/c26-25(27,28)20-6-7-21-22(8-10-29-23(21)16-20)31-17-18-2-4-19(5-3-18)24(33)30-9-1-11-32-12-14-34-15-13-32/h6-8,10,16,18-19H,1-5,9,11-15,17H2,(H,29,31)(H,30,33). The lowest BCUT2D eigenvalue weighted by Crippen LogP contribution is -2.39. The van der Waals surface area contributed by atoms with Gasteiger partial charge in [0.05, 0.1) is 24.3 Å². The summed E-state index contributed by atoms with van der Waals surface area (Å²) in [6, 6.07) is 5.46. The molecule has 2 fully saturated rings. The maximum absolute atomic E-state index is 13.0. The van der Waals surface area contributed by atoms with Crippen LogP contribution in [-0.4, -0.2) is 61.7 Å². The molecule has 2 N–H and O–H groups in total. The molecule has 1 saturated heterocycles. The number of hydrogen-bond donors (Lipinski definition) is 2. The first-order valence-electron chi connectivity index (χ1n) is 12.2. The van der Waals surface area contributed by atoms with Crippen molar-refractivity contribution >= 4 is 22.5 Å². The summed E-state index contributed by atoms with van der Waals surface area (Å²) >= 11 is 0. The van der Waals surface area contributed by atoms with Gasteiger partial charge in [0.15, 0.2) is 0 Å². The third-order valence-corrected chi connectivity index (χ3v) is 6.92. The highest BCUT2D eigenvalue weighted by Gasteiger charge is 2.31. The molecule has 0 unspecified atom stereocenters. The largest absolute Gasteiger partial charge is 0.416 e. The lowest BCUT2D eigenvalue weighted by atomic mass is 9.81. The fourth-order valence-corrected chi connectivity index (χ4v) is 4.84. The van der Waals surface area contributed by atoms with E-state index in [0.29, 0.717) is 23.4 Å². The molecule has 0 atom stereocenters. The molecule has 9 heteroatoms. The molecule has 186 valence electrons. The number of ether oxygens (including phenoxy) is 1. The van der Waals surface area contributed by atoms with E-state index < -0.39 is 11.7 Å². The van der Waals surface area contributed by atoms with Crippen LogP contribution in [0.25, 0.3) is 10.9 Å². The number of alkyl halides is 3. The maximum atomic E-state index is 13.0. The van der Waals surface area contributed by atoms with Gasteiger partial charge < -0.3 is 15.4 Å². The fraction of sp³-hybridized carbons (Fsp3) is 0.600. The predicted octanol–water partition coefficient (Wildman–Crippen LogP) is 4.31. The third kappa shape index (κ3) is 6.60. The SMILES string of the molecule is O=C(NCCCN1CCOCC1)C1CCC(CNc2ccnc3cc(C(F)(F)F)ccc23)CC1. The number of pyridine rings is 1. The van der Waals surface area contributed by atoms with Gasteiger partial charge in [-0.3, -0.25) is 14.7 Å². The van der Waals surface area contributed by atoms with Crippen molar-refractivity contribution in [2.75, 3.05) is 51.3 Å². The number of halogens is 3. The molecule has 2 aromatic rings. The van der Waals surface area contributed by atoms with Gasteiger partial charge in [0.2, 0.25) is 5.91 Å². The number of nitrogens with zero attached hydrogens (tertiary/aromatic N) is 2. The summed E-state index contributed by atoms with van der Waals surface area (Å²) in [5.41, 5.74) is 0.426. The number of amides is 1. The van der Waals surface area contributed by atoms with Crippen molar-refractivity contribution in [3.8, 4) is 0 Å². The van der Waals surface area contributed by atoms with Crippen LogP contribution in [0.3, 0.4) is 0 Å². The molecule has 4 rings (SSSR count). The molecular formula is C25H33F3N4O2. The van der Waals surface area contributed by atoms with E-state index in [1.165, 1.54) is 12.3 Å². The van der Waals surface area contributed by atoms with Crippen LogP contribution in [0.5, 0.6) is 0 Å². The minimum absolute atomic E-state index is 0.0715. The van der Waals surface area contributed by atoms with Crippen molar-refractivity contribution in [2.45, 2.75) is 38.3 Å². The van der Waals surface area contributed by atoms with E-state index in [2.05, 4.69) is 20.5 Å². The van der Waals surface area contributed by atoms with Crippen LogP contribution in [0.2, 0.25) is 0 Å². The van der Waals surface area contributed by atoms with Crippen molar-refractivity contribution < 1.29 is 22.7 Å². The molecule has 2 heterocycles. The summed E-state index contributed by atoms with van der Waals surface area (Å²) in [6.07, 6.45) is 1.76. The van der Waals surface area contributed by atoms with Gasteiger partial charge in [-0.15, -0.1) is 0 Å². The minimum atomic E-state index is -4.38. The van der Waals surface area contributed by atoms with Gasteiger partial charge >= 0.3 is 6.18 Å². The summed E-state index contributed by atoms with van der Waals surface area (Å²) in [7, 11) is 0. The predicted molar refractivity (Wildman–Crippen MR) is 126 cm³/mol. The second-order valence-electron chi connectivity index (χ2n) is 9.29. The molecule has 0 radical (unpaired) electrons. The summed E-state index contributed by atoms with van der Waals surface area (Å²) in [5.74, 6) is 0.666. The maximum Gasteiger partial charge on any atom is 0.416 e. The summed E-state index contributed by atoms with van der Waals surface area (Å²) in [6.45, 7) is 5.95. The van der Waals surface area contributed by atoms with E-state index in [9.17, 15) is 18.0 Å². The Kier molecular flexibility index (Phi) is 8.26. The molecular weight excluding hydrogens is 445 g/mol. The van der Waals surface area contributed by atoms with Gasteiger partial charge in [0, 0.05) is 49.4 Å². The average molecular weight is 479 g/mol. The highest BCUT2D eigenvalue weighted by molar-refractivity contribution is 5.91. The number of hydrogen-bond acceptors (Lipinski definition) is 5. The van der Waals surface area contributed by atoms with Gasteiger partial charge in [-0.2, -0.15) is 13.2 Å². The Morgan fingerprint density at radius 1 is 1.12 bits per heavy atom. The molecule has 6 nitrogen and oxygen atoms in total. The first kappa shape index (κ1) is 24.7. The third-order valence-electron chi connectivity index (χ3n) is 6.92. The number of morpholine rings is 1. The van der Waals surface area contributed by atoms with Crippen LogP contribution in [0.1, 0.15) is 37.7 Å². The molecule has 0 bridgehead atoms. The number of carbonyl (C=O) groups is 1. The number of benzene rings is 1. The van der Waals surface area contributed by atoms with E-state index in [1.807, 2.05) is 0 Å². The molecule has 1 aromatic heterocycles. The monoisotopic (exact) mass is 478 g/mol. The highest BCUT2D eigenvalue weighted by Crippen LogP contribution is 2.33. The zero-order chi connectivity index (χ0) is 24.0. The Hall–Kier alpha value is -2.39. The summed E-state index contributed by atoms with van der Waals surface area (Å²) < 4.78 is 44.3. The van der Waals surface area contributed by atoms with Crippen molar-refractivity contribution in [3.63, 3.8) is 0 Å². The molecule has 34 heavy (non-hydrogen) atoms. The lowest BCUT2D eigenvalue weighted by molar-refractivity contribution is -0.137. The highest BCUT2D eigenvalue weighted by atomic mass is 19.4. The van der Waals surface area contributed by atoms with Crippen LogP contribution in [-0.2, 0) is 15.7 Å². The Bertz CT molecular complexity index is 955. The second kappa shape index (κ2) is 11.4. The zero-order valence-electron chi connectivity index (χ0n) is 19.4. The summed E-state index contributed by atoms with van der Waals surface area (Å²) in [4.78, 5) is 19.0. The number of rotatable bonds is 8. The van der Waals surface area contributed by atoms with Crippen LogP contribution in [0.15, 0.2) is 30.5 Å². The van der Waals surface area contributed by atoms with Crippen molar-refractivity contribution in [1.29, 1.82) is 0 Å². The van der Waals surface area contributed by atoms with E-state index >= 15 is 0 Å². The van der Waals surface area contributed by atoms with E-state index in [0.717, 1.165) is 89.3 Å². The molecule has 1 amide bonds. The molecule has 0 spiro atoms. The van der Waals surface area contributed by atoms with Crippen molar-refractivity contribution in [2.24, 2.45) is 11.8 Å². The number of aromatic nitrogens is 1. The van der Waals surface area contributed by atoms with Crippen LogP contribution < -0.4 is 10.6 Å². The zero-order valence-corrected chi connectivity index (χ0v) is 19.4. The molecule has 1 saturated carbocycles. The number of nitrogens with one attached hydrogen (secondary N) is 2. The lowest BCUT2D eigenvalue weighted by Gasteiger charge is -2.29. The molecule has 1 aliphatic carbocycles. The van der Waals surface area contributed by atoms with Crippen molar-refractivity contribution in [3.05, 3.63) is 36.0 Å². The van der Waals surface area contributed by atoms with Crippen LogP contribution in [0.4, 0.5) is 18.9 Å². The van der Waals surface area contributed by atoms with Crippen molar-refractivity contribution in [1.82, 2.24) is 15.2 Å². The van der Waals surface area contributed by atoms with Gasteiger partial charge in [0.25, 0.3) is 0 Å². The summed E-state index contributed by atoms with van der Waals surface area (Å²) in [5, 5.41) is 7.18. The fourth-order valence-electron chi connectivity index (χ4n) is 4.84. The Labute approximate surface area is 198 Å². The van der Waals surface area contributed by atoms with Crippen LogP contribution >= 0.6 is 0 Å². The topological polar surface area (TPSA) is 66.5 Å². The molecule has 1 aromatic carbocycles. The molecule has 1 aliphatic heterocycles. The van der Waals surface area contributed by atoms with Gasteiger partial charge in [-0.05, 0) is 62.8 Å². The Balaban J connectivity index is 1.19. The van der Waals surface area contributed by atoms with Gasteiger partial charge in [-0.25, -0.2) is 0 Å². The van der Waals surface area contributed by atoms with E-state index in [1.54, 1.807) is 6.07 Å². The molecule has 2 aliphatic rings. The van der Waals surface area contributed by atoms with Gasteiger partial charge in [-0.1, -0.05) is 6.07 Å². The second-order valence-corrected chi connectivity index (χ2v) is 9.29. The Morgan fingerprint density at radius 2 is 1.88 bits per heavy atom. The Morgan fingerprint density at radius 3 is 2.62 bits per heavy atom. The smallest absolute Gasteiger partial charge is 0.384 e. The quantitative estimate of drug-likeness (QED) is 0.554. The first-order chi connectivity index (χ1) is 16.4. The number of anilines is 1. The van der Waals surface area contributed by atoms with Gasteiger partial charge in [0.1, 0.15) is 0 Å².